The maximum atomic E-state index is 13.3. The third-order valence-corrected chi connectivity index (χ3v) is 6.48. The SMILES string of the molecule is CCCCN(C(=O)CN1C(=O)[C@H]2CCCC[C@H]2C1=O)c1c(N)n(CCCC)c(=O)[nH]c1=O. The van der Waals surface area contributed by atoms with Crippen LogP contribution in [-0.2, 0) is 20.9 Å². The summed E-state index contributed by atoms with van der Waals surface area (Å²) in [5.74, 6) is -1.95. The number of nitrogens with zero attached hydrogens (tertiary/aromatic N) is 3. The number of H-pyrrole nitrogens is 1. The molecule has 0 bridgehead atoms. The molecule has 1 aliphatic carbocycles. The average Bonchev–Trinajstić information content (AvgIpc) is 3.00. The van der Waals surface area contributed by atoms with E-state index in [1.165, 1.54) is 9.47 Å². The van der Waals surface area contributed by atoms with Crippen molar-refractivity contribution in [2.24, 2.45) is 11.8 Å². The number of anilines is 2. The third kappa shape index (κ3) is 4.49. The molecule has 0 unspecified atom stereocenters. The van der Waals surface area contributed by atoms with Crippen LogP contribution in [0.2, 0.25) is 0 Å². The van der Waals surface area contributed by atoms with E-state index < -0.39 is 23.7 Å². The highest BCUT2D eigenvalue weighted by Gasteiger charge is 2.48. The maximum Gasteiger partial charge on any atom is 0.330 e. The Morgan fingerprint density at radius 2 is 1.62 bits per heavy atom. The standard InChI is InChI=1S/C22H33N5O5/c1-3-5-11-25(17-18(23)26(12-6-4-2)22(32)24-19(17)29)16(28)13-27-20(30)14-9-7-8-10-15(14)21(27)31/h14-15H,3-13,23H2,1-2H3,(H,24,29,32)/t14-,15+. The summed E-state index contributed by atoms with van der Waals surface area (Å²) in [6.45, 7) is 3.98. The topological polar surface area (TPSA) is 139 Å². The van der Waals surface area contributed by atoms with E-state index in [1.807, 2.05) is 13.8 Å². The van der Waals surface area contributed by atoms with Gasteiger partial charge in [-0.25, -0.2) is 4.79 Å². The van der Waals surface area contributed by atoms with Gasteiger partial charge < -0.3 is 10.6 Å². The molecule has 3 N–H and O–H groups in total. The van der Waals surface area contributed by atoms with Crippen LogP contribution in [0.1, 0.15) is 65.2 Å². The van der Waals surface area contributed by atoms with E-state index in [9.17, 15) is 24.0 Å². The van der Waals surface area contributed by atoms with Crippen LogP contribution in [0.3, 0.4) is 0 Å². The molecular formula is C22H33N5O5. The monoisotopic (exact) mass is 447 g/mol. The van der Waals surface area contributed by atoms with Crippen molar-refractivity contribution in [2.75, 3.05) is 23.7 Å². The van der Waals surface area contributed by atoms with Gasteiger partial charge in [0.25, 0.3) is 5.56 Å². The molecule has 1 aromatic rings. The number of carbonyl (C=O) groups is 3. The van der Waals surface area contributed by atoms with Gasteiger partial charge in [0.05, 0.1) is 11.8 Å². The van der Waals surface area contributed by atoms with Crippen molar-refractivity contribution in [3.63, 3.8) is 0 Å². The zero-order chi connectivity index (χ0) is 23.4. The van der Waals surface area contributed by atoms with E-state index in [0.717, 1.165) is 30.6 Å². The van der Waals surface area contributed by atoms with Gasteiger partial charge in [-0.2, -0.15) is 0 Å². The first kappa shape index (κ1) is 23.7. The number of nitrogens with one attached hydrogen (secondary N) is 1. The Morgan fingerprint density at radius 1 is 1.03 bits per heavy atom. The van der Waals surface area contributed by atoms with Crippen LogP contribution in [0.4, 0.5) is 11.5 Å². The normalized spacial score (nSPS) is 20.5. The van der Waals surface area contributed by atoms with Gasteiger partial charge >= 0.3 is 5.69 Å². The summed E-state index contributed by atoms with van der Waals surface area (Å²) in [5, 5.41) is 0. The minimum Gasteiger partial charge on any atom is -0.383 e. The van der Waals surface area contributed by atoms with Crippen molar-refractivity contribution in [3.8, 4) is 0 Å². The van der Waals surface area contributed by atoms with Crippen molar-refractivity contribution in [2.45, 2.75) is 71.8 Å². The van der Waals surface area contributed by atoms with Crippen molar-refractivity contribution >= 4 is 29.2 Å². The fourth-order valence-corrected chi connectivity index (χ4v) is 4.66. The summed E-state index contributed by atoms with van der Waals surface area (Å²) in [4.78, 5) is 68.4. The number of amides is 3. The molecule has 0 radical (unpaired) electrons. The summed E-state index contributed by atoms with van der Waals surface area (Å²) in [7, 11) is 0. The Labute approximate surface area is 186 Å². The molecule has 3 rings (SSSR count). The highest BCUT2D eigenvalue weighted by atomic mass is 16.2. The van der Waals surface area contributed by atoms with E-state index in [4.69, 9.17) is 5.73 Å². The Bertz CT molecular complexity index is 973. The Morgan fingerprint density at radius 3 is 2.19 bits per heavy atom. The van der Waals surface area contributed by atoms with Crippen LogP contribution in [0, 0.1) is 11.8 Å². The molecule has 0 spiro atoms. The second kappa shape index (κ2) is 10.1. The summed E-state index contributed by atoms with van der Waals surface area (Å²) < 4.78 is 1.26. The summed E-state index contributed by atoms with van der Waals surface area (Å²) in [6, 6.07) is 0. The van der Waals surface area contributed by atoms with Crippen molar-refractivity contribution in [1.29, 1.82) is 0 Å². The average molecular weight is 448 g/mol. The first-order valence-electron chi connectivity index (χ1n) is 11.6. The lowest BCUT2D eigenvalue weighted by molar-refractivity contribution is -0.143. The molecule has 0 aromatic carbocycles. The Balaban J connectivity index is 1.92. The highest BCUT2D eigenvalue weighted by Crippen LogP contribution is 2.38. The van der Waals surface area contributed by atoms with Gasteiger partial charge in [-0.1, -0.05) is 39.5 Å². The fraction of sp³-hybridized carbons (Fsp3) is 0.682. The maximum absolute atomic E-state index is 13.3. The molecule has 2 heterocycles. The van der Waals surface area contributed by atoms with Crippen LogP contribution < -0.4 is 21.9 Å². The molecule has 1 aliphatic heterocycles. The highest BCUT2D eigenvalue weighted by molar-refractivity contribution is 6.09. The minimum absolute atomic E-state index is 0.0793. The zero-order valence-corrected chi connectivity index (χ0v) is 18.9. The van der Waals surface area contributed by atoms with Crippen LogP contribution >= 0.6 is 0 Å². The number of hydrogen-bond acceptors (Lipinski definition) is 6. The molecule has 1 saturated heterocycles. The Hall–Kier alpha value is -2.91. The number of likely N-dealkylation sites (tertiary alicyclic amines) is 1. The van der Waals surface area contributed by atoms with E-state index in [-0.39, 0.29) is 41.7 Å². The molecular weight excluding hydrogens is 414 g/mol. The predicted octanol–water partition coefficient (Wildman–Crippen LogP) is 1.23. The predicted molar refractivity (Wildman–Crippen MR) is 120 cm³/mol. The van der Waals surface area contributed by atoms with Crippen LogP contribution in [0.25, 0.3) is 0 Å². The summed E-state index contributed by atoms with van der Waals surface area (Å²) in [5.41, 5.74) is 4.72. The first-order chi connectivity index (χ1) is 15.3. The minimum atomic E-state index is -0.752. The number of imide groups is 1. The number of fused-ring (bicyclic) bond motifs is 1. The lowest BCUT2D eigenvalue weighted by Gasteiger charge is -2.26. The largest absolute Gasteiger partial charge is 0.383 e. The van der Waals surface area contributed by atoms with E-state index >= 15 is 0 Å². The second-order valence-electron chi connectivity index (χ2n) is 8.66. The zero-order valence-electron chi connectivity index (χ0n) is 18.9. The van der Waals surface area contributed by atoms with Gasteiger partial charge in [0, 0.05) is 13.1 Å². The van der Waals surface area contributed by atoms with E-state index in [2.05, 4.69) is 4.98 Å². The molecule has 2 atom stereocenters. The number of nitrogens with two attached hydrogens (primary N) is 1. The van der Waals surface area contributed by atoms with Crippen molar-refractivity contribution in [3.05, 3.63) is 20.8 Å². The van der Waals surface area contributed by atoms with E-state index in [0.29, 0.717) is 32.2 Å². The molecule has 176 valence electrons. The molecule has 10 nitrogen and oxygen atoms in total. The van der Waals surface area contributed by atoms with Gasteiger partial charge in [-0.3, -0.25) is 33.6 Å². The molecule has 2 aliphatic rings. The van der Waals surface area contributed by atoms with Crippen LogP contribution in [0.5, 0.6) is 0 Å². The molecule has 1 aromatic heterocycles. The van der Waals surface area contributed by atoms with E-state index in [1.54, 1.807) is 0 Å². The number of unbranched alkanes of at least 4 members (excludes halogenated alkanes) is 2. The summed E-state index contributed by atoms with van der Waals surface area (Å²) >= 11 is 0. The van der Waals surface area contributed by atoms with Crippen LogP contribution in [0.15, 0.2) is 9.59 Å². The number of nitrogen functional groups attached to an aromatic ring is 1. The number of hydrogen-bond donors (Lipinski definition) is 2. The van der Waals surface area contributed by atoms with Gasteiger partial charge in [0.15, 0.2) is 5.69 Å². The second-order valence-corrected chi connectivity index (χ2v) is 8.66. The van der Waals surface area contributed by atoms with Gasteiger partial charge in [-0.05, 0) is 25.7 Å². The van der Waals surface area contributed by atoms with Crippen molar-refractivity contribution in [1.82, 2.24) is 14.5 Å². The van der Waals surface area contributed by atoms with Gasteiger partial charge in [0.2, 0.25) is 17.7 Å². The molecule has 10 heteroatoms. The van der Waals surface area contributed by atoms with Gasteiger partial charge in [0.1, 0.15) is 12.4 Å². The number of rotatable bonds is 9. The number of aromatic amines is 1. The first-order valence-corrected chi connectivity index (χ1v) is 11.6. The quantitative estimate of drug-likeness (QED) is 0.546. The molecule has 2 fully saturated rings. The fourth-order valence-electron chi connectivity index (χ4n) is 4.66. The smallest absolute Gasteiger partial charge is 0.330 e. The molecule has 1 saturated carbocycles. The van der Waals surface area contributed by atoms with Crippen molar-refractivity contribution < 1.29 is 14.4 Å². The third-order valence-electron chi connectivity index (χ3n) is 6.48. The van der Waals surface area contributed by atoms with Gasteiger partial charge in [-0.15, -0.1) is 0 Å². The molecule has 3 amide bonds. The summed E-state index contributed by atoms with van der Waals surface area (Å²) in [6.07, 6.45) is 5.96. The Kier molecular flexibility index (Phi) is 7.52. The lowest BCUT2D eigenvalue weighted by Crippen LogP contribution is -2.47. The lowest BCUT2D eigenvalue weighted by atomic mass is 9.81. The number of aromatic nitrogens is 2. The van der Waals surface area contributed by atoms with Crippen LogP contribution in [-0.4, -0.2) is 45.3 Å². The number of carbonyl (C=O) groups excluding carboxylic acids is 3. The molecule has 32 heavy (non-hydrogen) atoms.